The second-order valence-electron chi connectivity index (χ2n) is 7.11. The second kappa shape index (κ2) is 7.07. The summed E-state index contributed by atoms with van der Waals surface area (Å²) in [7, 11) is 0. The minimum Gasteiger partial charge on any atom is -0.388 e. The van der Waals surface area contributed by atoms with E-state index >= 15 is 0 Å². The number of nitrogen functional groups attached to an aromatic ring is 1. The summed E-state index contributed by atoms with van der Waals surface area (Å²) >= 11 is 1.66. The van der Waals surface area contributed by atoms with Crippen LogP contribution < -0.4 is 11.5 Å². The summed E-state index contributed by atoms with van der Waals surface area (Å²) in [5.74, 6) is -0.0327. The van der Waals surface area contributed by atoms with Crippen molar-refractivity contribution < 1.29 is 8.81 Å². The Morgan fingerprint density at radius 3 is 2.76 bits per heavy atom. The minimum atomic E-state index is -0.631. The molecule has 0 spiro atoms. The lowest BCUT2D eigenvalue weighted by molar-refractivity contribution is 0.491. The van der Waals surface area contributed by atoms with Gasteiger partial charge in [-0.15, -0.1) is 16.4 Å². The van der Waals surface area contributed by atoms with Crippen molar-refractivity contribution in [1.82, 2.24) is 19.7 Å². The van der Waals surface area contributed by atoms with E-state index in [0.29, 0.717) is 17.2 Å². The molecule has 0 unspecified atom stereocenters. The van der Waals surface area contributed by atoms with Gasteiger partial charge in [0.25, 0.3) is 0 Å². The first-order valence-corrected chi connectivity index (χ1v) is 10.3. The zero-order valence-electron chi connectivity index (χ0n) is 15.5. The van der Waals surface area contributed by atoms with Crippen LogP contribution in [-0.2, 0) is 19.4 Å². The number of hydrogen-bond donors (Lipinski definition) is 1. The first kappa shape index (κ1) is 18.0. The van der Waals surface area contributed by atoms with Gasteiger partial charge in [0.2, 0.25) is 5.89 Å². The van der Waals surface area contributed by atoms with Gasteiger partial charge in [-0.1, -0.05) is 6.42 Å². The molecule has 1 aliphatic rings. The summed E-state index contributed by atoms with van der Waals surface area (Å²) in [5, 5.41) is 5.14. The van der Waals surface area contributed by atoms with Crippen molar-refractivity contribution in [3.8, 4) is 11.5 Å². The van der Waals surface area contributed by atoms with Crippen LogP contribution in [0.3, 0.4) is 0 Å². The van der Waals surface area contributed by atoms with E-state index in [4.69, 9.17) is 10.2 Å². The highest BCUT2D eigenvalue weighted by atomic mass is 32.1. The molecule has 1 aromatic carbocycles. The highest BCUT2D eigenvalue weighted by Crippen LogP contribution is 2.37. The zero-order chi connectivity index (χ0) is 20.0. The minimum absolute atomic E-state index is 0.0479. The molecule has 0 aliphatic heterocycles. The molecule has 0 amide bonds. The average molecular weight is 411 g/mol. The maximum Gasteiger partial charge on any atom is 0.437 e. The van der Waals surface area contributed by atoms with Gasteiger partial charge in [-0.05, 0) is 55.5 Å². The molecular formula is C20H18FN5O2S. The molecule has 5 rings (SSSR count). The van der Waals surface area contributed by atoms with Crippen LogP contribution in [0.2, 0.25) is 0 Å². The molecule has 4 aromatic rings. The molecule has 3 aromatic heterocycles. The van der Waals surface area contributed by atoms with Gasteiger partial charge in [0.05, 0.1) is 5.39 Å². The molecule has 3 heterocycles. The summed E-state index contributed by atoms with van der Waals surface area (Å²) in [6.07, 6.45) is 5.62. The van der Waals surface area contributed by atoms with E-state index in [0.717, 1.165) is 34.2 Å². The third-order valence-corrected chi connectivity index (χ3v) is 6.31. The van der Waals surface area contributed by atoms with Crippen molar-refractivity contribution in [3.05, 3.63) is 56.9 Å². The number of anilines is 1. The van der Waals surface area contributed by atoms with Gasteiger partial charge in [-0.25, -0.2) is 19.2 Å². The van der Waals surface area contributed by atoms with Crippen LogP contribution in [0.5, 0.6) is 0 Å². The van der Waals surface area contributed by atoms with E-state index in [1.165, 1.54) is 47.5 Å². The maximum atomic E-state index is 13.1. The number of benzene rings is 1. The van der Waals surface area contributed by atoms with Crippen molar-refractivity contribution in [3.63, 3.8) is 0 Å². The van der Waals surface area contributed by atoms with E-state index in [2.05, 4.69) is 15.1 Å². The maximum absolute atomic E-state index is 13.1. The molecule has 9 heteroatoms. The molecule has 1 aliphatic carbocycles. The molecule has 0 fully saturated rings. The third-order valence-electron chi connectivity index (χ3n) is 5.13. The lowest BCUT2D eigenvalue weighted by Gasteiger charge is -2.04. The van der Waals surface area contributed by atoms with Crippen LogP contribution >= 0.6 is 11.3 Å². The number of hydrogen-bond acceptors (Lipinski definition) is 7. The Balaban J connectivity index is 1.49. The zero-order valence-corrected chi connectivity index (χ0v) is 16.3. The molecule has 2 N–H and O–H groups in total. The SMILES string of the molecule is Nc1nc(Cn2nc(-c3ccc(F)cc3)oc2=O)nc2sc3c(c12)CCCCC3. The average Bonchev–Trinajstić information content (AvgIpc) is 3.14. The van der Waals surface area contributed by atoms with Crippen molar-refractivity contribution in [2.45, 2.75) is 38.6 Å². The van der Waals surface area contributed by atoms with Crippen LogP contribution in [-0.4, -0.2) is 19.7 Å². The lowest BCUT2D eigenvalue weighted by atomic mass is 10.1. The first-order chi connectivity index (χ1) is 14.1. The fourth-order valence-electron chi connectivity index (χ4n) is 3.73. The van der Waals surface area contributed by atoms with E-state index in [-0.39, 0.29) is 18.3 Å². The van der Waals surface area contributed by atoms with Crippen molar-refractivity contribution in [2.75, 3.05) is 5.73 Å². The van der Waals surface area contributed by atoms with Crippen LogP contribution in [0.1, 0.15) is 35.5 Å². The molecule has 148 valence electrons. The van der Waals surface area contributed by atoms with Crippen LogP contribution in [0.4, 0.5) is 10.2 Å². The van der Waals surface area contributed by atoms with Crippen LogP contribution in [0, 0.1) is 5.82 Å². The Morgan fingerprint density at radius 2 is 1.93 bits per heavy atom. The highest BCUT2D eigenvalue weighted by Gasteiger charge is 2.20. The van der Waals surface area contributed by atoms with Gasteiger partial charge >= 0.3 is 5.76 Å². The van der Waals surface area contributed by atoms with E-state index < -0.39 is 5.76 Å². The van der Waals surface area contributed by atoms with Gasteiger partial charge in [0.15, 0.2) is 5.82 Å². The van der Waals surface area contributed by atoms with E-state index in [1.54, 1.807) is 11.3 Å². The van der Waals surface area contributed by atoms with Gasteiger partial charge in [-0.3, -0.25) is 0 Å². The van der Waals surface area contributed by atoms with E-state index in [9.17, 15) is 9.18 Å². The van der Waals surface area contributed by atoms with E-state index in [1.807, 2.05) is 0 Å². The molecule has 0 atom stereocenters. The number of halogens is 1. The Kier molecular flexibility index (Phi) is 4.39. The largest absolute Gasteiger partial charge is 0.437 e. The quantitative estimate of drug-likeness (QED) is 0.518. The lowest BCUT2D eigenvalue weighted by Crippen LogP contribution is -2.18. The predicted molar refractivity (Wildman–Crippen MR) is 108 cm³/mol. The fourth-order valence-corrected chi connectivity index (χ4v) is 5.02. The van der Waals surface area contributed by atoms with Crippen molar-refractivity contribution >= 4 is 27.4 Å². The smallest absolute Gasteiger partial charge is 0.388 e. The first-order valence-electron chi connectivity index (χ1n) is 9.49. The van der Waals surface area contributed by atoms with Crippen molar-refractivity contribution in [1.29, 1.82) is 0 Å². The van der Waals surface area contributed by atoms with Crippen LogP contribution in [0.25, 0.3) is 21.7 Å². The number of nitrogens with zero attached hydrogens (tertiary/aromatic N) is 4. The monoisotopic (exact) mass is 411 g/mol. The molecular weight excluding hydrogens is 393 g/mol. The Labute approximate surface area is 169 Å². The summed E-state index contributed by atoms with van der Waals surface area (Å²) in [5.41, 5.74) is 8.06. The second-order valence-corrected chi connectivity index (χ2v) is 8.19. The normalized spacial score (nSPS) is 14.1. The Bertz CT molecular complexity index is 1260. The molecule has 0 bridgehead atoms. The molecule has 0 radical (unpaired) electrons. The molecule has 7 nitrogen and oxygen atoms in total. The number of aromatic nitrogens is 4. The summed E-state index contributed by atoms with van der Waals surface area (Å²) in [6.45, 7) is 0.0479. The number of aryl methyl sites for hydroxylation is 2. The standard InChI is InChI=1S/C20H18FN5O2S/c21-12-8-6-11(7-9-12)18-25-26(20(27)28-18)10-15-23-17(22)16-13-4-2-1-3-5-14(13)29-19(16)24-15/h6-9H,1-5,10H2,(H2,22,23,24). The van der Waals surface area contributed by atoms with Gasteiger partial charge in [0.1, 0.15) is 23.0 Å². The van der Waals surface area contributed by atoms with Gasteiger partial charge < -0.3 is 10.2 Å². The third kappa shape index (κ3) is 3.31. The highest BCUT2D eigenvalue weighted by molar-refractivity contribution is 7.19. The van der Waals surface area contributed by atoms with Crippen LogP contribution in [0.15, 0.2) is 33.5 Å². The predicted octanol–water partition coefficient (Wildman–Crippen LogP) is 3.55. The molecule has 29 heavy (non-hydrogen) atoms. The Morgan fingerprint density at radius 1 is 1.14 bits per heavy atom. The fraction of sp³-hybridized carbons (Fsp3) is 0.300. The Hall–Kier alpha value is -3.07. The topological polar surface area (TPSA) is 99.8 Å². The van der Waals surface area contributed by atoms with Gasteiger partial charge in [0, 0.05) is 10.4 Å². The summed E-state index contributed by atoms with van der Waals surface area (Å²) in [6, 6.07) is 5.58. The number of thiophene rings is 1. The molecule has 0 saturated carbocycles. The molecule has 0 saturated heterocycles. The van der Waals surface area contributed by atoms with Crippen molar-refractivity contribution in [2.24, 2.45) is 0 Å². The number of nitrogens with two attached hydrogens (primary N) is 1. The summed E-state index contributed by atoms with van der Waals surface area (Å²) < 4.78 is 19.5. The summed E-state index contributed by atoms with van der Waals surface area (Å²) in [4.78, 5) is 23.5. The number of fused-ring (bicyclic) bond motifs is 3. The number of rotatable bonds is 3. The van der Waals surface area contributed by atoms with Gasteiger partial charge in [-0.2, -0.15) is 4.68 Å².